The average molecular weight is 449 g/mol. The van der Waals surface area contributed by atoms with Gasteiger partial charge in [0, 0.05) is 15.2 Å². The van der Waals surface area contributed by atoms with E-state index in [0.717, 1.165) is 26.6 Å². The molecule has 0 aliphatic carbocycles. The van der Waals surface area contributed by atoms with Crippen LogP contribution in [0.5, 0.6) is 0 Å². The highest BCUT2D eigenvalue weighted by Gasteiger charge is 2.15. The third kappa shape index (κ3) is 2.68. The van der Waals surface area contributed by atoms with Crippen LogP contribution < -0.4 is 0 Å². The predicted molar refractivity (Wildman–Crippen MR) is 130 cm³/mol. The molecular weight excluding hydrogens is 432 g/mol. The molecule has 5 aromatic carbocycles. The van der Waals surface area contributed by atoms with E-state index in [4.69, 9.17) is 4.42 Å². The van der Waals surface area contributed by atoms with Crippen molar-refractivity contribution in [2.45, 2.75) is 0 Å². The van der Waals surface area contributed by atoms with Gasteiger partial charge in [0.2, 0.25) is 0 Å². The number of benzene rings is 5. The van der Waals surface area contributed by atoms with Crippen molar-refractivity contribution in [1.29, 1.82) is 0 Å². The summed E-state index contributed by atoms with van der Waals surface area (Å²) in [5.74, 6) is 0. The minimum atomic E-state index is 0.916. The SMILES string of the molecule is Brc1ccc(-c2cccc3oc4cc(-c5ccccc5)ccc4c23)c2ccccc12. The lowest BCUT2D eigenvalue weighted by atomic mass is 9.94. The van der Waals surface area contributed by atoms with Gasteiger partial charge in [-0.3, -0.25) is 0 Å². The molecule has 0 spiro atoms. The van der Waals surface area contributed by atoms with Gasteiger partial charge < -0.3 is 4.42 Å². The molecule has 0 aliphatic heterocycles. The standard InChI is InChI=1S/C28H17BrO/c29-25-16-15-21(20-9-4-5-10-22(20)25)23-11-6-12-26-28(23)24-14-13-19(17-27(24)30-26)18-7-2-1-3-8-18/h1-17H. The molecule has 0 saturated heterocycles. The number of fused-ring (bicyclic) bond motifs is 4. The third-order valence-electron chi connectivity index (χ3n) is 5.77. The summed E-state index contributed by atoms with van der Waals surface area (Å²) in [5.41, 5.74) is 6.60. The second-order valence-electron chi connectivity index (χ2n) is 7.50. The first-order valence-electron chi connectivity index (χ1n) is 9.98. The summed E-state index contributed by atoms with van der Waals surface area (Å²) >= 11 is 3.70. The van der Waals surface area contributed by atoms with Crippen LogP contribution in [0.1, 0.15) is 0 Å². The number of furan rings is 1. The van der Waals surface area contributed by atoms with Crippen molar-refractivity contribution in [2.24, 2.45) is 0 Å². The molecule has 0 fully saturated rings. The number of hydrogen-bond donors (Lipinski definition) is 0. The Morgan fingerprint density at radius 1 is 0.500 bits per heavy atom. The fraction of sp³-hybridized carbons (Fsp3) is 0. The summed E-state index contributed by atoms with van der Waals surface area (Å²) in [4.78, 5) is 0. The maximum absolute atomic E-state index is 6.30. The zero-order chi connectivity index (χ0) is 20.1. The second-order valence-corrected chi connectivity index (χ2v) is 8.35. The van der Waals surface area contributed by atoms with Crippen molar-refractivity contribution < 1.29 is 4.42 Å². The van der Waals surface area contributed by atoms with Crippen molar-refractivity contribution in [3.05, 3.63) is 108 Å². The minimum Gasteiger partial charge on any atom is -0.456 e. The molecular formula is C28H17BrO. The molecule has 0 saturated carbocycles. The van der Waals surface area contributed by atoms with Crippen LogP contribution in [0.25, 0.3) is 55.0 Å². The highest BCUT2D eigenvalue weighted by Crippen LogP contribution is 2.41. The Balaban J connectivity index is 1.64. The average Bonchev–Trinajstić information content (AvgIpc) is 3.18. The van der Waals surface area contributed by atoms with Gasteiger partial charge in [-0.15, -0.1) is 0 Å². The Bertz CT molecular complexity index is 1540. The first kappa shape index (κ1) is 17.5. The molecule has 6 aromatic rings. The fourth-order valence-electron chi connectivity index (χ4n) is 4.36. The van der Waals surface area contributed by atoms with E-state index in [9.17, 15) is 0 Å². The quantitative estimate of drug-likeness (QED) is 0.257. The molecule has 0 bridgehead atoms. The van der Waals surface area contributed by atoms with E-state index >= 15 is 0 Å². The Labute approximate surface area is 182 Å². The Kier molecular flexibility index (Phi) is 4.00. The lowest BCUT2D eigenvalue weighted by molar-refractivity contribution is 0.669. The topological polar surface area (TPSA) is 13.1 Å². The van der Waals surface area contributed by atoms with Gasteiger partial charge in [-0.25, -0.2) is 0 Å². The van der Waals surface area contributed by atoms with Crippen molar-refractivity contribution in [1.82, 2.24) is 0 Å². The Morgan fingerprint density at radius 3 is 2.17 bits per heavy atom. The van der Waals surface area contributed by atoms with Gasteiger partial charge in [0.1, 0.15) is 11.2 Å². The van der Waals surface area contributed by atoms with Gasteiger partial charge in [-0.2, -0.15) is 0 Å². The van der Waals surface area contributed by atoms with Crippen molar-refractivity contribution in [3.8, 4) is 22.3 Å². The van der Waals surface area contributed by atoms with E-state index in [1.807, 2.05) is 6.07 Å². The normalized spacial score (nSPS) is 11.5. The third-order valence-corrected chi connectivity index (χ3v) is 6.46. The van der Waals surface area contributed by atoms with E-state index in [0.29, 0.717) is 0 Å². The molecule has 0 aliphatic rings. The van der Waals surface area contributed by atoms with Crippen LogP contribution in [0.3, 0.4) is 0 Å². The van der Waals surface area contributed by atoms with Crippen LogP contribution in [0, 0.1) is 0 Å². The van der Waals surface area contributed by atoms with Crippen LogP contribution in [-0.2, 0) is 0 Å². The zero-order valence-electron chi connectivity index (χ0n) is 16.1. The lowest BCUT2D eigenvalue weighted by Crippen LogP contribution is -1.84. The van der Waals surface area contributed by atoms with Crippen LogP contribution in [0.2, 0.25) is 0 Å². The van der Waals surface area contributed by atoms with Crippen LogP contribution >= 0.6 is 15.9 Å². The predicted octanol–water partition coefficient (Wildman–Crippen LogP) is 8.84. The van der Waals surface area contributed by atoms with Gasteiger partial charge in [0.15, 0.2) is 0 Å². The van der Waals surface area contributed by atoms with E-state index in [2.05, 4.69) is 113 Å². The zero-order valence-corrected chi connectivity index (χ0v) is 17.7. The molecule has 1 aromatic heterocycles. The molecule has 0 amide bonds. The molecule has 0 atom stereocenters. The molecule has 0 radical (unpaired) electrons. The molecule has 2 heteroatoms. The van der Waals surface area contributed by atoms with Gasteiger partial charge in [-0.1, -0.05) is 94.8 Å². The van der Waals surface area contributed by atoms with Crippen LogP contribution in [0.4, 0.5) is 0 Å². The second kappa shape index (κ2) is 6.86. The maximum atomic E-state index is 6.30. The molecule has 30 heavy (non-hydrogen) atoms. The smallest absolute Gasteiger partial charge is 0.136 e. The Hall–Kier alpha value is -3.36. The van der Waals surface area contributed by atoms with Crippen molar-refractivity contribution >= 4 is 48.6 Å². The molecule has 6 rings (SSSR count). The lowest BCUT2D eigenvalue weighted by Gasteiger charge is -2.10. The van der Waals surface area contributed by atoms with Gasteiger partial charge in [0.25, 0.3) is 0 Å². The number of rotatable bonds is 2. The summed E-state index contributed by atoms with van der Waals surface area (Å²) in [6, 6.07) is 36.1. The molecule has 1 nitrogen and oxygen atoms in total. The number of hydrogen-bond acceptors (Lipinski definition) is 1. The summed E-state index contributed by atoms with van der Waals surface area (Å²) in [6.07, 6.45) is 0. The van der Waals surface area contributed by atoms with E-state index < -0.39 is 0 Å². The maximum Gasteiger partial charge on any atom is 0.136 e. The molecule has 1 heterocycles. The first-order chi connectivity index (χ1) is 14.8. The summed E-state index contributed by atoms with van der Waals surface area (Å²) in [7, 11) is 0. The minimum absolute atomic E-state index is 0.916. The molecule has 0 unspecified atom stereocenters. The van der Waals surface area contributed by atoms with Crippen LogP contribution in [-0.4, -0.2) is 0 Å². The van der Waals surface area contributed by atoms with Gasteiger partial charge >= 0.3 is 0 Å². The monoisotopic (exact) mass is 448 g/mol. The summed E-state index contributed by atoms with van der Waals surface area (Å²) < 4.78 is 7.41. The highest BCUT2D eigenvalue weighted by atomic mass is 79.9. The largest absolute Gasteiger partial charge is 0.456 e. The van der Waals surface area contributed by atoms with E-state index in [-0.39, 0.29) is 0 Å². The summed E-state index contributed by atoms with van der Waals surface area (Å²) in [5, 5.41) is 4.76. The van der Waals surface area contributed by atoms with Crippen molar-refractivity contribution in [3.63, 3.8) is 0 Å². The fourth-order valence-corrected chi connectivity index (χ4v) is 4.84. The van der Waals surface area contributed by atoms with Gasteiger partial charge in [0.05, 0.1) is 0 Å². The van der Waals surface area contributed by atoms with Gasteiger partial charge in [-0.05, 0) is 57.3 Å². The Morgan fingerprint density at radius 2 is 1.30 bits per heavy atom. The highest BCUT2D eigenvalue weighted by molar-refractivity contribution is 9.10. The van der Waals surface area contributed by atoms with Crippen LogP contribution in [0.15, 0.2) is 112 Å². The first-order valence-corrected chi connectivity index (χ1v) is 10.8. The van der Waals surface area contributed by atoms with E-state index in [1.54, 1.807) is 0 Å². The number of halogens is 1. The molecule has 142 valence electrons. The van der Waals surface area contributed by atoms with E-state index in [1.165, 1.54) is 32.8 Å². The molecule has 0 N–H and O–H groups in total. The summed E-state index contributed by atoms with van der Waals surface area (Å²) in [6.45, 7) is 0. The van der Waals surface area contributed by atoms with Crippen molar-refractivity contribution in [2.75, 3.05) is 0 Å².